The van der Waals surface area contributed by atoms with E-state index < -0.39 is 0 Å². The van der Waals surface area contributed by atoms with Crippen LogP contribution in [0.4, 0.5) is 0 Å². The first-order valence-electron chi connectivity index (χ1n) is 6.18. The molecule has 0 aliphatic heterocycles. The first-order valence-corrected chi connectivity index (χ1v) is 8.79. The molecule has 0 saturated heterocycles. The molecule has 0 spiro atoms. The van der Waals surface area contributed by atoms with Crippen LogP contribution >= 0.6 is 45.2 Å². The molecule has 18 heavy (non-hydrogen) atoms. The average Bonchev–Trinajstić information content (AvgIpc) is 2.54. The normalized spacial score (nSPS) is 26.1. The zero-order chi connectivity index (χ0) is 13.3. The second-order valence-electron chi connectivity index (χ2n) is 5.30. The van der Waals surface area contributed by atoms with E-state index in [0.717, 1.165) is 10.8 Å². The average molecular weight is 464 g/mol. The number of fused-ring (bicyclic) bond motifs is 1. The van der Waals surface area contributed by atoms with E-state index in [9.17, 15) is 0 Å². The van der Waals surface area contributed by atoms with Crippen molar-refractivity contribution in [2.24, 2.45) is 11.3 Å². The van der Waals surface area contributed by atoms with Crippen molar-refractivity contribution in [1.29, 1.82) is 0 Å². The highest BCUT2D eigenvalue weighted by molar-refractivity contribution is 14.1. The largest absolute Gasteiger partial charge is 0.0987 e. The Morgan fingerprint density at radius 3 is 2.78 bits per heavy atom. The Hall–Kier alpha value is 0.160. The van der Waals surface area contributed by atoms with Crippen LogP contribution in [-0.4, -0.2) is 4.43 Å². The molecule has 0 aromatic rings. The van der Waals surface area contributed by atoms with Crippen molar-refractivity contribution >= 4 is 45.2 Å². The van der Waals surface area contributed by atoms with Gasteiger partial charge in [0.25, 0.3) is 0 Å². The maximum atomic E-state index is 4.03. The monoisotopic (exact) mass is 464 g/mol. The fraction of sp³-hybridized carbons (Fsp3) is 0.375. The van der Waals surface area contributed by atoms with Crippen molar-refractivity contribution in [2.75, 3.05) is 4.43 Å². The molecule has 1 unspecified atom stereocenters. The van der Waals surface area contributed by atoms with Gasteiger partial charge in [0.15, 0.2) is 0 Å². The first-order chi connectivity index (χ1) is 8.52. The summed E-state index contributed by atoms with van der Waals surface area (Å²) in [5.74, 6) is 0.608. The summed E-state index contributed by atoms with van der Waals surface area (Å²) in [7, 11) is 0. The molecule has 0 aromatic carbocycles. The Balaban J connectivity index is 2.55. The number of allylic oxidation sites excluding steroid dienone is 9. The smallest absolute Gasteiger partial charge is 0.0179 e. The highest BCUT2D eigenvalue weighted by Crippen LogP contribution is 2.55. The van der Waals surface area contributed by atoms with Crippen LogP contribution in [0.15, 0.2) is 57.3 Å². The summed E-state index contributed by atoms with van der Waals surface area (Å²) in [6, 6.07) is 0. The van der Waals surface area contributed by atoms with Crippen molar-refractivity contribution in [3.63, 3.8) is 0 Å². The summed E-state index contributed by atoms with van der Waals surface area (Å²) < 4.78 is 2.51. The van der Waals surface area contributed by atoms with Crippen LogP contribution in [0.2, 0.25) is 0 Å². The van der Waals surface area contributed by atoms with Gasteiger partial charge in [-0.15, -0.1) is 0 Å². The van der Waals surface area contributed by atoms with Crippen LogP contribution in [0.3, 0.4) is 0 Å². The molecule has 0 nitrogen and oxygen atoms in total. The summed E-state index contributed by atoms with van der Waals surface area (Å²) in [5, 5.41) is 0. The van der Waals surface area contributed by atoms with Gasteiger partial charge in [-0.25, -0.2) is 0 Å². The van der Waals surface area contributed by atoms with Gasteiger partial charge in [-0.05, 0) is 60.6 Å². The highest BCUT2D eigenvalue weighted by Gasteiger charge is 2.43. The molecular weight excluding hydrogens is 446 g/mol. The van der Waals surface area contributed by atoms with Crippen molar-refractivity contribution in [2.45, 2.75) is 20.3 Å². The van der Waals surface area contributed by atoms with Gasteiger partial charge in [-0.1, -0.05) is 73.4 Å². The molecule has 0 heterocycles. The molecule has 0 amide bonds. The van der Waals surface area contributed by atoms with E-state index in [4.69, 9.17) is 0 Å². The van der Waals surface area contributed by atoms with Gasteiger partial charge >= 0.3 is 0 Å². The van der Waals surface area contributed by atoms with Gasteiger partial charge in [0, 0.05) is 4.43 Å². The summed E-state index contributed by atoms with van der Waals surface area (Å²) in [6.07, 6.45) is 12.3. The van der Waals surface area contributed by atoms with E-state index in [1.165, 1.54) is 20.3 Å². The lowest BCUT2D eigenvalue weighted by molar-refractivity contribution is 0.335. The maximum absolute atomic E-state index is 4.03. The van der Waals surface area contributed by atoms with Gasteiger partial charge < -0.3 is 0 Å². The van der Waals surface area contributed by atoms with Gasteiger partial charge in [-0.3, -0.25) is 0 Å². The predicted octanol–water partition coefficient (Wildman–Crippen LogP) is 5.77. The molecular formula is C16H18I2. The fourth-order valence-electron chi connectivity index (χ4n) is 3.00. The summed E-state index contributed by atoms with van der Waals surface area (Å²) in [5.41, 5.74) is 4.50. The Labute approximate surface area is 137 Å². The van der Waals surface area contributed by atoms with Crippen LogP contribution in [0.25, 0.3) is 0 Å². The second kappa shape index (κ2) is 5.65. The first kappa shape index (κ1) is 14.6. The van der Waals surface area contributed by atoms with Crippen LogP contribution < -0.4 is 0 Å². The number of alkyl halides is 1. The topological polar surface area (TPSA) is 0 Å². The third-order valence-electron chi connectivity index (χ3n) is 3.96. The van der Waals surface area contributed by atoms with Gasteiger partial charge in [0.05, 0.1) is 0 Å². The van der Waals surface area contributed by atoms with Crippen molar-refractivity contribution in [3.05, 3.63) is 57.3 Å². The maximum Gasteiger partial charge on any atom is 0.0179 e. The highest BCUT2D eigenvalue weighted by atomic mass is 127. The van der Waals surface area contributed by atoms with E-state index in [0.29, 0.717) is 5.92 Å². The SMILES string of the molecule is C=CC1=C(/C=C\CI)C2=CC=C(I)CC2C1(C)C. The zero-order valence-electron chi connectivity index (χ0n) is 10.8. The quantitative estimate of drug-likeness (QED) is 0.368. The van der Waals surface area contributed by atoms with E-state index >= 15 is 0 Å². The predicted molar refractivity (Wildman–Crippen MR) is 97.3 cm³/mol. The Morgan fingerprint density at radius 2 is 2.17 bits per heavy atom. The van der Waals surface area contributed by atoms with Crippen molar-refractivity contribution < 1.29 is 0 Å². The van der Waals surface area contributed by atoms with E-state index in [2.05, 4.69) is 96.0 Å². The minimum absolute atomic E-state index is 0.198. The van der Waals surface area contributed by atoms with E-state index in [-0.39, 0.29) is 5.41 Å². The Morgan fingerprint density at radius 1 is 1.44 bits per heavy atom. The van der Waals surface area contributed by atoms with E-state index in [1.807, 2.05) is 0 Å². The second-order valence-corrected chi connectivity index (χ2v) is 7.57. The standard InChI is InChI=1S/C16H18I2/c1-4-14-12(6-5-9-17)13-8-7-11(18)10-15(13)16(14,2)3/h4-8,15H,1,9-10H2,2-3H3/b6-5-. The van der Waals surface area contributed by atoms with E-state index in [1.54, 1.807) is 0 Å². The lowest BCUT2D eigenvalue weighted by Crippen LogP contribution is -2.22. The number of halogens is 2. The van der Waals surface area contributed by atoms with Crippen LogP contribution in [0.1, 0.15) is 20.3 Å². The molecule has 0 N–H and O–H groups in total. The molecule has 2 heteroatoms. The molecule has 1 atom stereocenters. The summed E-state index contributed by atoms with van der Waals surface area (Å²) >= 11 is 4.84. The fourth-order valence-corrected chi connectivity index (χ4v) is 3.88. The number of rotatable bonds is 3. The van der Waals surface area contributed by atoms with Crippen LogP contribution in [0.5, 0.6) is 0 Å². The minimum Gasteiger partial charge on any atom is -0.0987 e. The third kappa shape index (κ3) is 2.42. The number of hydrogen-bond donors (Lipinski definition) is 0. The molecule has 0 aromatic heterocycles. The molecule has 0 bridgehead atoms. The van der Waals surface area contributed by atoms with Crippen molar-refractivity contribution in [1.82, 2.24) is 0 Å². The van der Waals surface area contributed by atoms with Crippen LogP contribution in [0, 0.1) is 11.3 Å². The molecule has 2 rings (SSSR count). The lowest BCUT2D eigenvalue weighted by atomic mass is 9.73. The number of hydrogen-bond acceptors (Lipinski definition) is 0. The van der Waals surface area contributed by atoms with Crippen LogP contribution in [-0.2, 0) is 0 Å². The Bertz CT molecular complexity index is 487. The molecule has 0 fully saturated rings. The molecule has 2 aliphatic carbocycles. The third-order valence-corrected chi connectivity index (χ3v) is 5.27. The molecule has 2 aliphatic rings. The van der Waals surface area contributed by atoms with Gasteiger partial charge in [0.1, 0.15) is 0 Å². The summed E-state index contributed by atoms with van der Waals surface area (Å²) in [4.78, 5) is 0. The molecule has 0 radical (unpaired) electrons. The van der Waals surface area contributed by atoms with Gasteiger partial charge in [0.2, 0.25) is 0 Å². The zero-order valence-corrected chi connectivity index (χ0v) is 15.2. The lowest BCUT2D eigenvalue weighted by Gasteiger charge is -2.31. The molecule has 96 valence electrons. The van der Waals surface area contributed by atoms with Crippen molar-refractivity contribution in [3.8, 4) is 0 Å². The summed E-state index contributed by atoms with van der Waals surface area (Å²) in [6.45, 7) is 8.73. The molecule has 0 saturated carbocycles. The minimum atomic E-state index is 0.198. The Kier molecular flexibility index (Phi) is 4.57. The van der Waals surface area contributed by atoms with Gasteiger partial charge in [-0.2, -0.15) is 0 Å².